The summed E-state index contributed by atoms with van der Waals surface area (Å²) in [6.45, 7) is 1.80. The molecular weight excluding hydrogens is 247 g/mol. The highest BCUT2D eigenvalue weighted by Gasteiger charge is 2.16. The number of nitrogens with two attached hydrogens (primary N) is 1. The maximum absolute atomic E-state index is 13.6. The molecule has 2 rings (SSSR count). The summed E-state index contributed by atoms with van der Waals surface area (Å²) >= 11 is 0. The first-order valence-electron chi connectivity index (χ1n) is 5.70. The van der Waals surface area contributed by atoms with Gasteiger partial charge in [-0.3, -0.25) is 9.78 Å². The number of amides is 1. The average molecular weight is 260 g/mol. The maximum atomic E-state index is 13.6. The van der Waals surface area contributed by atoms with E-state index in [0.29, 0.717) is 0 Å². The minimum absolute atomic E-state index is 0.117. The topological polar surface area (TPSA) is 80.9 Å². The van der Waals surface area contributed by atoms with Crippen LogP contribution in [0.4, 0.5) is 10.2 Å². The molecule has 1 amide bonds. The van der Waals surface area contributed by atoms with Gasteiger partial charge in [-0.25, -0.2) is 9.37 Å². The Morgan fingerprint density at radius 3 is 2.68 bits per heavy atom. The zero-order chi connectivity index (χ0) is 13.8. The molecule has 0 aliphatic rings. The van der Waals surface area contributed by atoms with E-state index in [1.807, 2.05) is 0 Å². The third kappa shape index (κ3) is 2.85. The molecule has 5 nitrogen and oxygen atoms in total. The zero-order valence-corrected chi connectivity index (χ0v) is 10.3. The number of rotatable bonds is 3. The van der Waals surface area contributed by atoms with Gasteiger partial charge in [-0.1, -0.05) is 0 Å². The number of hydrogen-bond acceptors (Lipinski definition) is 4. The van der Waals surface area contributed by atoms with Crippen molar-refractivity contribution in [2.24, 2.45) is 0 Å². The van der Waals surface area contributed by atoms with E-state index < -0.39 is 11.7 Å². The molecule has 0 aromatic carbocycles. The number of hydrogen-bond donors (Lipinski definition) is 2. The van der Waals surface area contributed by atoms with Gasteiger partial charge in [-0.2, -0.15) is 0 Å². The molecule has 2 heterocycles. The summed E-state index contributed by atoms with van der Waals surface area (Å²) < 4.78 is 13.6. The molecule has 2 aromatic rings. The van der Waals surface area contributed by atoms with Crippen molar-refractivity contribution < 1.29 is 9.18 Å². The number of nitrogens with one attached hydrogen (secondary N) is 1. The standard InChI is InChI=1S/C13H13FN4O/c1-8(9-2-5-16-6-3-9)18-13(19)10-4-7-17-12(15)11(10)14/h2-8H,1H3,(H2,15,17)(H,18,19). The lowest BCUT2D eigenvalue weighted by molar-refractivity contribution is 0.0935. The van der Waals surface area contributed by atoms with E-state index in [0.717, 1.165) is 5.56 Å². The van der Waals surface area contributed by atoms with Crippen molar-refractivity contribution in [2.75, 3.05) is 5.73 Å². The highest BCUT2D eigenvalue weighted by molar-refractivity contribution is 5.95. The Labute approximate surface area is 109 Å². The fourth-order valence-corrected chi connectivity index (χ4v) is 1.65. The predicted molar refractivity (Wildman–Crippen MR) is 68.7 cm³/mol. The van der Waals surface area contributed by atoms with E-state index in [2.05, 4.69) is 15.3 Å². The summed E-state index contributed by atoms with van der Waals surface area (Å²) in [5.41, 5.74) is 6.09. The second-order valence-corrected chi connectivity index (χ2v) is 4.03. The Hall–Kier alpha value is -2.50. The molecule has 6 heteroatoms. The maximum Gasteiger partial charge on any atom is 0.254 e. The van der Waals surface area contributed by atoms with Gasteiger partial charge in [0.05, 0.1) is 11.6 Å². The van der Waals surface area contributed by atoms with Crippen LogP contribution in [-0.4, -0.2) is 15.9 Å². The van der Waals surface area contributed by atoms with Crippen molar-refractivity contribution in [1.29, 1.82) is 0 Å². The van der Waals surface area contributed by atoms with Crippen LogP contribution in [0.2, 0.25) is 0 Å². The molecule has 0 aliphatic carbocycles. The van der Waals surface area contributed by atoms with E-state index in [-0.39, 0.29) is 17.4 Å². The number of carbonyl (C=O) groups excluding carboxylic acids is 1. The van der Waals surface area contributed by atoms with Gasteiger partial charge in [-0.15, -0.1) is 0 Å². The minimum Gasteiger partial charge on any atom is -0.381 e. The van der Waals surface area contributed by atoms with Gasteiger partial charge in [0.15, 0.2) is 11.6 Å². The Kier molecular flexibility index (Phi) is 3.70. The lowest BCUT2D eigenvalue weighted by Gasteiger charge is -2.14. The second kappa shape index (κ2) is 5.43. The lowest BCUT2D eigenvalue weighted by atomic mass is 10.1. The summed E-state index contributed by atoms with van der Waals surface area (Å²) in [5.74, 6) is -1.62. The second-order valence-electron chi connectivity index (χ2n) is 4.03. The fourth-order valence-electron chi connectivity index (χ4n) is 1.65. The lowest BCUT2D eigenvalue weighted by Crippen LogP contribution is -2.27. The molecule has 2 aromatic heterocycles. The Morgan fingerprint density at radius 1 is 1.32 bits per heavy atom. The van der Waals surface area contributed by atoms with Crippen LogP contribution in [0.5, 0.6) is 0 Å². The molecule has 1 unspecified atom stereocenters. The van der Waals surface area contributed by atoms with Gasteiger partial charge in [0.2, 0.25) is 0 Å². The molecule has 98 valence electrons. The molecule has 0 saturated heterocycles. The van der Waals surface area contributed by atoms with Crippen molar-refractivity contribution in [3.8, 4) is 0 Å². The SMILES string of the molecule is CC(NC(=O)c1ccnc(N)c1F)c1ccncc1. The van der Waals surface area contributed by atoms with Crippen LogP contribution >= 0.6 is 0 Å². The van der Waals surface area contributed by atoms with Crippen LogP contribution in [-0.2, 0) is 0 Å². The Morgan fingerprint density at radius 2 is 2.00 bits per heavy atom. The smallest absolute Gasteiger partial charge is 0.254 e. The van der Waals surface area contributed by atoms with Gasteiger partial charge >= 0.3 is 0 Å². The molecule has 0 spiro atoms. The van der Waals surface area contributed by atoms with Gasteiger partial charge in [0.25, 0.3) is 5.91 Å². The number of nitrogen functional groups attached to an aromatic ring is 1. The minimum atomic E-state index is -0.804. The molecule has 19 heavy (non-hydrogen) atoms. The Balaban J connectivity index is 2.16. The van der Waals surface area contributed by atoms with Crippen molar-refractivity contribution in [2.45, 2.75) is 13.0 Å². The monoisotopic (exact) mass is 260 g/mol. The van der Waals surface area contributed by atoms with Crippen molar-refractivity contribution in [3.05, 3.63) is 53.7 Å². The first kappa shape index (κ1) is 12.9. The van der Waals surface area contributed by atoms with Crippen LogP contribution in [0.15, 0.2) is 36.8 Å². The zero-order valence-electron chi connectivity index (χ0n) is 10.3. The Bertz CT molecular complexity index is 588. The van der Waals surface area contributed by atoms with Crippen LogP contribution in [0.1, 0.15) is 28.9 Å². The molecule has 0 bridgehead atoms. The fraction of sp³-hybridized carbons (Fsp3) is 0.154. The number of carbonyl (C=O) groups is 1. The van der Waals surface area contributed by atoms with E-state index in [1.54, 1.807) is 31.5 Å². The molecular formula is C13H13FN4O. The first-order valence-corrected chi connectivity index (χ1v) is 5.70. The number of halogens is 1. The van der Waals surface area contributed by atoms with E-state index in [1.165, 1.54) is 12.3 Å². The summed E-state index contributed by atoms with van der Waals surface area (Å²) in [7, 11) is 0. The van der Waals surface area contributed by atoms with E-state index in [9.17, 15) is 9.18 Å². The number of aromatic nitrogens is 2. The highest BCUT2D eigenvalue weighted by Crippen LogP contribution is 2.15. The number of nitrogens with zero attached hydrogens (tertiary/aromatic N) is 2. The molecule has 1 atom stereocenters. The van der Waals surface area contributed by atoms with Crippen molar-refractivity contribution in [3.63, 3.8) is 0 Å². The summed E-state index contributed by atoms with van der Waals surface area (Å²) in [5, 5.41) is 2.69. The van der Waals surface area contributed by atoms with Crippen LogP contribution in [0, 0.1) is 5.82 Å². The molecule has 0 fully saturated rings. The number of anilines is 1. The normalized spacial score (nSPS) is 11.9. The molecule has 0 saturated carbocycles. The first-order chi connectivity index (χ1) is 9.09. The van der Waals surface area contributed by atoms with Crippen LogP contribution in [0.3, 0.4) is 0 Å². The quantitative estimate of drug-likeness (QED) is 0.880. The highest BCUT2D eigenvalue weighted by atomic mass is 19.1. The summed E-state index contributed by atoms with van der Waals surface area (Å²) in [4.78, 5) is 19.4. The third-order valence-corrected chi connectivity index (χ3v) is 2.71. The van der Waals surface area contributed by atoms with Crippen molar-refractivity contribution >= 4 is 11.7 Å². The molecule has 0 radical (unpaired) electrons. The number of pyridine rings is 2. The average Bonchev–Trinajstić information content (AvgIpc) is 2.42. The van der Waals surface area contributed by atoms with Gasteiger partial charge in [-0.05, 0) is 30.7 Å². The molecule has 3 N–H and O–H groups in total. The summed E-state index contributed by atoms with van der Waals surface area (Å²) in [6, 6.07) is 4.59. The van der Waals surface area contributed by atoms with Gasteiger partial charge in [0.1, 0.15) is 0 Å². The largest absolute Gasteiger partial charge is 0.381 e. The predicted octanol–water partition coefficient (Wildman–Crippen LogP) is 1.69. The van der Waals surface area contributed by atoms with Crippen LogP contribution in [0.25, 0.3) is 0 Å². The summed E-state index contributed by atoms with van der Waals surface area (Å²) in [6.07, 6.45) is 4.55. The van der Waals surface area contributed by atoms with Crippen molar-refractivity contribution in [1.82, 2.24) is 15.3 Å². The van der Waals surface area contributed by atoms with E-state index in [4.69, 9.17) is 5.73 Å². The van der Waals surface area contributed by atoms with Gasteiger partial charge in [0, 0.05) is 18.6 Å². The molecule has 0 aliphatic heterocycles. The van der Waals surface area contributed by atoms with Crippen LogP contribution < -0.4 is 11.1 Å². The van der Waals surface area contributed by atoms with E-state index >= 15 is 0 Å². The third-order valence-electron chi connectivity index (χ3n) is 2.71. The van der Waals surface area contributed by atoms with Gasteiger partial charge < -0.3 is 11.1 Å².